The van der Waals surface area contributed by atoms with Crippen LogP contribution in [0.25, 0.3) is 11.0 Å². The zero-order valence-corrected chi connectivity index (χ0v) is 12.5. The van der Waals surface area contributed by atoms with Crippen molar-refractivity contribution >= 4 is 28.1 Å². The fourth-order valence-electron chi connectivity index (χ4n) is 2.52. The van der Waals surface area contributed by atoms with Crippen LogP contribution in [-0.2, 0) is 6.54 Å². The number of nitrogens with one attached hydrogen (secondary N) is 3. The number of fused-ring (bicyclic) bond motifs is 1. The molecule has 2 aromatic carbocycles. The Morgan fingerprint density at radius 2 is 1.88 bits per heavy atom. The maximum atomic E-state index is 11.9. The van der Waals surface area contributed by atoms with Gasteiger partial charge in [-0.05, 0) is 30.3 Å². The molecular formula is C17H13N5O2. The molecule has 118 valence electrons. The Hall–Kier alpha value is -3.48. The number of nitrogens with zero attached hydrogens (tertiary/aromatic N) is 2. The Morgan fingerprint density at radius 1 is 1.00 bits per heavy atom. The van der Waals surface area contributed by atoms with E-state index in [4.69, 9.17) is 0 Å². The number of benzene rings is 1. The number of anilines is 3. The van der Waals surface area contributed by atoms with Gasteiger partial charge in [-0.25, -0.2) is 4.98 Å². The van der Waals surface area contributed by atoms with E-state index in [2.05, 4.69) is 25.6 Å². The Balaban J connectivity index is 1.56. The third-order valence-electron chi connectivity index (χ3n) is 3.77. The number of pyridine rings is 1. The maximum absolute atomic E-state index is 11.9. The van der Waals surface area contributed by atoms with Crippen molar-refractivity contribution in [3.63, 3.8) is 0 Å². The number of aromatic nitrogens is 3. The van der Waals surface area contributed by atoms with Crippen LogP contribution in [0.3, 0.4) is 0 Å². The minimum absolute atomic E-state index is 0.273. The van der Waals surface area contributed by atoms with Crippen LogP contribution in [0.5, 0.6) is 0 Å². The lowest BCUT2D eigenvalue weighted by molar-refractivity contribution is 1.04. The summed E-state index contributed by atoms with van der Waals surface area (Å²) < 4.78 is 0. The van der Waals surface area contributed by atoms with Crippen LogP contribution in [0.2, 0.25) is 0 Å². The van der Waals surface area contributed by atoms with E-state index in [0.29, 0.717) is 12.2 Å². The van der Waals surface area contributed by atoms with Crippen molar-refractivity contribution in [3.8, 4) is 0 Å². The normalized spacial score (nSPS) is 11.0. The van der Waals surface area contributed by atoms with Crippen LogP contribution in [0.1, 0.15) is 5.69 Å². The molecule has 0 aliphatic rings. The van der Waals surface area contributed by atoms with Crippen molar-refractivity contribution in [2.24, 2.45) is 0 Å². The molecule has 0 aliphatic heterocycles. The molecule has 0 atom stereocenters. The zero-order valence-electron chi connectivity index (χ0n) is 12.5. The first-order valence-corrected chi connectivity index (χ1v) is 7.39. The molecule has 2 aromatic heterocycles. The summed E-state index contributed by atoms with van der Waals surface area (Å²) in [5.41, 5.74) is 2.69. The van der Waals surface area contributed by atoms with Crippen molar-refractivity contribution in [2.45, 2.75) is 6.54 Å². The first-order valence-electron chi connectivity index (χ1n) is 7.39. The van der Waals surface area contributed by atoms with Crippen LogP contribution in [0, 0.1) is 0 Å². The predicted molar refractivity (Wildman–Crippen MR) is 92.3 cm³/mol. The van der Waals surface area contributed by atoms with E-state index in [0.717, 1.165) is 16.7 Å². The molecule has 0 radical (unpaired) electrons. The highest BCUT2D eigenvalue weighted by Gasteiger charge is 2.21. The molecule has 0 saturated heterocycles. The van der Waals surface area contributed by atoms with Crippen molar-refractivity contribution in [3.05, 3.63) is 75.1 Å². The van der Waals surface area contributed by atoms with Gasteiger partial charge in [-0.1, -0.05) is 6.07 Å². The molecule has 4 aromatic rings. The summed E-state index contributed by atoms with van der Waals surface area (Å²) in [6.45, 7) is 0.375. The Labute approximate surface area is 136 Å². The van der Waals surface area contributed by atoms with Crippen molar-refractivity contribution in [2.75, 3.05) is 10.6 Å². The summed E-state index contributed by atoms with van der Waals surface area (Å²) in [4.78, 5) is 35.0. The van der Waals surface area contributed by atoms with E-state index in [1.807, 2.05) is 36.4 Å². The average molecular weight is 319 g/mol. The monoisotopic (exact) mass is 319 g/mol. The highest BCUT2D eigenvalue weighted by atomic mass is 16.2. The van der Waals surface area contributed by atoms with Gasteiger partial charge >= 0.3 is 0 Å². The lowest BCUT2D eigenvalue weighted by Gasteiger charge is -2.14. The molecule has 2 heterocycles. The van der Waals surface area contributed by atoms with Gasteiger partial charge in [0.2, 0.25) is 0 Å². The summed E-state index contributed by atoms with van der Waals surface area (Å²) >= 11 is 0. The maximum Gasteiger partial charge on any atom is 0.253 e. The molecule has 3 N–H and O–H groups in total. The van der Waals surface area contributed by atoms with Crippen LogP contribution in [-0.4, -0.2) is 15.0 Å². The van der Waals surface area contributed by atoms with Crippen LogP contribution in [0.4, 0.5) is 17.1 Å². The second-order valence-electron chi connectivity index (χ2n) is 5.34. The number of aromatic amines is 1. The van der Waals surface area contributed by atoms with E-state index >= 15 is 0 Å². The summed E-state index contributed by atoms with van der Waals surface area (Å²) in [7, 11) is 0. The summed E-state index contributed by atoms with van der Waals surface area (Å²) in [6, 6.07) is 11.0. The van der Waals surface area contributed by atoms with Crippen LogP contribution in [0.15, 0.2) is 58.5 Å². The van der Waals surface area contributed by atoms with Gasteiger partial charge in [-0.15, -0.1) is 0 Å². The highest BCUT2D eigenvalue weighted by Crippen LogP contribution is 2.23. The number of hydrogen-bond donors (Lipinski definition) is 3. The Morgan fingerprint density at radius 3 is 2.71 bits per heavy atom. The van der Waals surface area contributed by atoms with Crippen LogP contribution >= 0.6 is 0 Å². The standard InChI is InChI=1S/C17H13N5O2/c23-16-14(19-8-11-3-1-2-6-18-11)15(17(16)24)22-10-4-5-12-13(7-10)21-9-20-12/h1-7,9,19,22H,8H2,(H,20,21). The number of rotatable bonds is 5. The molecule has 7 nitrogen and oxygen atoms in total. The van der Waals surface area contributed by atoms with E-state index in [1.54, 1.807) is 12.5 Å². The highest BCUT2D eigenvalue weighted by molar-refractivity contribution is 5.83. The lowest BCUT2D eigenvalue weighted by atomic mass is 10.1. The second kappa shape index (κ2) is 5.62. The molecule has 0 bridgehead atoms. The van der Waals surface area contributed by atoms with E-state index < -0.39 is 10.9 Å². The van der Waals surface area contributed by atoms with Gasteiger partial charge in [0, 0.05) is 11.9 Å². The lowest BCUT2D eigenvalue weighted by Crippen LogP contribution is -2.36. The predicted octanol–water partition coefficient (Wildman–Crippen LogP) is 1.91. The van der Waals surface area contributed by atoms with Gasteiger partial charge in [0.25, 0.3) is 10.9 Å². The van der Waals surface area contributed by atoms with Crippen molar-refractivity contribution in [1.82, 2.24) is 15.0 Å². The molecule has 0 spiro atoms. The van der Waals surface area contributed by atoms with Gasteiger partial charge in [0.15, 0.2) is 0 Å². The molecule has 4 rings (SSSR count). The quantitative estimate of drug-likeness (QED) is 0.486. The Kier molecular flexibility index (Phi) is 3.31. The number of H-pyrrole nitrogens is 1. The molecule has 0 amide bonds. The summed E-state index contributed by atoms with van der Waals surface area (Å²) in [5, 5.41) is 5.99. The van der Waals surface area contributed by atoms with Gasteiger partial charge in [0.1, 0.15) is 11.4 Å². The molecule has 0 saturated carbocycles. The largest absolute Gasteiger partial charge is 0.374 e. The van der Waals surface area contributed by atoms with E-state index in [-0.39, 0.29) is 11.4 Å². The third-order valence-corrected chi connectivity index (χ3v) is 3.77. The minimum Gasteiger partial charge on any atom is -0.374 e. The first kappa shape index (κ1) is 14.1. The summed E-state index contributed by atoms with van der Waals surface area (Å²) in [5.74, 6) is 0. The average Bonchev–Trinajstić information content (AvgIpc) is 3.09. The van der Waals surface area contributed by atoms with Gasteiger partial charge < -0.3 is 15.6 Å². The summed E-state index contributed by atoms with van der Waals surface area (Å²) in [6.07, 6.45) is 3.28. The number of imidazole rings is 1. The van der Waals surface area contributed by atoms with Gasteiger partial charge in [-0.2, -0.15) is 0 Å². The molecule has 0 aliphatic carbocycles. The van der Waals surface area contributed by atoms with E-state index in [9.17, 15) is 9.59 Å². The van der Waals surface area contributed by atoms with Crippen molar-refractivity contribution < 1.29 is 0 Å². The van der Waals surface area contributed by atoms with Crippen molar-refractivity contribution in [1.29, 1.82) is 0 Å². The third kappa shape index (κ3) is 2.41. The van der Waals surface area contributed by atoms with Gasteiger partial charge in [0.05, 0.1) is 29.6 Å². The molecule has 24 heavy (non-hydrogen) atoms. The smallest absolute Gasteiger partial charge is 0.253 e. The van der Waals surface area contributed by atoms with Gasteiger partial charge in [-0.3, -0.25) is 14.6 Å². The Bertz CT molecular complexity index is 1080. The minimum atomic E-state index is -0.525. The molecule has 7 heteroatoms. The molecule has 0 fully saturated rings. The fraction of sp³-hybridized carbons (Fsp3) is 0.0588. The van der Waals surface area contributed by atoms with E-state index in [1.165, 1.54) is 0 Å². The van der Waals surface area contributed by atoms with Crippen LogP contribution < -0.4 is 21.5 Å². The fourth-order valence-corrected chi connectivity index (χ4v) is 2.52. The topological polar surface area (TPSA) is 99.8 Å². The number of hydrogen-bond acceptors (Lipinski definition) is 6. The molecular weight excluding hydrogens is 306 g/mol. The molecule has 0 unspecified atom stereocenters. The first-order chi connectivity index (χ1) is 11.7. The SMILES string of the molecule is O=c1c(NCc2ccccn2)c(Nc2ccc3nc[nH]c3c2)c1=O. The second-order valence-corrected chi connectivity index (χ2v) is 5.34. The zero-order chi connectivity index (χ0) is 16.5.